The number of hydrogen-bond donors (Lipinski definition) is 1. The van der Waals surface area contributed by atoms with Gasteiger partial charge in [-0.3, -0.25) is 4.79 Å². The SMILES string of the molecule is O=C(COC(=O)[C@@H]1CCCN1C1=NS(=O)(=O)c2ccccc21)NC1CCCCC1. The highest BCUT2D eigenvalue weighted by Crippen LogP contribution is 2.31. The Bertz CT molecular complexity index is 937. The van der Waals surface area contributed by atoms with Crippen molar-refractivity contribution >= 4 is 27.7 Å². The first-order valence-electron chi connectivity index (χ1n) is 10.1. The number of carbonyl (C=O) groups excluding carboxylic acids is 2. The molecule has 2 aliphatic heterocycles. The maximum atomic E-state index is 12.6. The van der Waals surface area contributed by atoms with Crippen molar-refractivity contribution in [2.75, 3.05) is 13.2 Å². The summed E-state index contributed by atoms with van der Waals surface area (Å²) in [6, 6.07) is 6.12. The molecule has 0 unspecified atom stereocenters. The van der Waals surface area contributed by atoms with E-state index >= 15 is 0 Å². The molecule has 156 valence electrons. The molecule has 1 aromatic rings. The summed E-state index contributed by atoms with van der Waals surface area (Å²) >= 11 is 0. The number of amides is 1. The Labute approximate surface area is 170 Å². The second-order valence-corrected chi connectivity index (χ2v) is 9.32. The monoisotopic (exact) mass is 419 g/mol. The Morgan fingerprint density at radius 3 is 2.66 bits per heavy atom. The van der Waals surface area contributed by atoms with Crippen LogP contribution < -0.4 is 5.32 Å². The van der Waals surface area contributed by atoms with Crippen LogP contribution in [-0.4, -0.2) is 56.3 Å². The number of nitrogens with zero attached hydrogens (tertiary/aromatic N) is 2. The van der Waals surface area contributed by atoms with E-state index in [-0.39, 0.29) is 29.3 Å². The summed E-state index contributed by atoms with van der Waals surface area (Å²) in [6.07, 6.45) is 6.58. The molecule has 0 radical (unpaired) electrons. The fraction of sp³-hybridized carbons (Fsp3) is 0.550. The van der Waals surface area contributed by atoms with Crippen molar-refractivity contribution in [1.82, 2.24) is 10.2 Å². The molecule has 0 aromatic heterocycles. The lowest BCUT2D eigenvalue weighted by molar-refractivity contribution is -0.152. The van der Waals surface area contributed by atoms with Gasteiger partial charge in [-0.1, -0.05) is 31.4 Å². The van der Waals surface area contributed by atoms with Crippen LogP contribution in [0.3, 0.4) is 0 Å². The third kappa shape index (κ3) is 4.14. The topological polar surface area (TPSA) is 105 Å². The normalized spacial score (nSPS) is 23.4. The molecule has 1 N–H and O–H groups in total. The Hall–Kier alpha value is -2.42. The standard InChI is InChI=1S/C20H25N3O5S/c24-18(21-14-7-2-1-3-8-14)13-28-20(25)16-10-6-12-23(16)19-15-9-4-5-11-17(15)29(26,27)22-19/h4-5,9,11,14,16H,1-3,6-8,10,12-13H2,(H,21,24)/t16-/m0/s1. The van der Waals surface area contributed by atoms with Crippen molar-refractivity contribution in [2.45, 2.75) is 61.9 Å². The molecule has 3 aliphatic rings. The van der Waals surface area contributed by atoms with Crippen molar-refractivity contribution in [3.8, 4) is 0 Å². The zero-order chi connectivity index (χ0) is 20.4. The zero-order valence-corrected chi connectivity index (χ0v) is 17.0. The minimum absolute atomic E-state index is 0.154. The van der Waals surface area contributed by atoms with Crippen LogP contribution in [0.1, 0.15) is 50.5 Å². The Morgan fingerprint density at radius 1 is 1.10 bits per heavy atom. The van der Waals surface area contributed by atoms with Gasteiger partial charge in [-0.25, -0.2) is 4.79 Å². The molecule has 1 aliphatic carbocycles. The van der Waals surface area contributed by atoms with Crippen LogP contribution in [-0.2, 0) is 24.3 Å². The molecule has 8 nitrogen and oxygen atoms in total. The first-order chi connectivity index (χ1) is 14.0. The highest BCUT2D eigenvalue weighted by atomic mass is 32.2. The van der Waals surface area contributed by atoms with Crippen molar-refractivity contribution in [2.24, 2.45) is 4.40 Å². The maximum Gasteiger partial charge on any atom is 0.329 e. The van der Waals surface area contributed by atoms with Crippen molar-refractivity contribution in [1.29, 1.82) is 0 Å². The van der Waals surface area contributed by atoms with Gasteiger partial charge in [-0.05, 0) is 37.8 Å². The molecular weight excluding hydrogens is 394 g/mol. The fourth-order valence-corrected chi connectivity index (χ4v) is 5.53. The van der Waals surface area contributed by atoms with E-state index in [4.69, 9.17) is 4.74 Å². The number of rotatable bonds is 4. The van der Waals surface area contributed by atoms with Crippen LogP contribution in [0.2, 0.25) is 0 Å². The number of carbonyl (C=O) groups is 2. The highest BCUT2D eigenvalue weighted by Gasteiger charge is 2.40. The smallest absolute Gasteiger partial charge is 0.329 e. The summed E-state index contributed by atoms with van der Waals surface area (Å²) in [7, 11) is -3.75. The van der Waals surface area contributed by atoms with Crippen LogP contribution >= 0.6 is 0 Å². The zero-order valence-electron chi connectivity index (χ0n) is 16.2. The van der Waals surface area contributed by atoms with Crippen molar-refractivity contribution in [3.05, 3.63) is 29.8 Å². The Kier molecular flexibility index (Phi) is 5.58. The number of nitrogens with one attached hydrogen (secondary N) is 1. The summed E-state index contributed by atoms with van der Waals surface area (Å²) in [5, 5.41) is 2.92. The highest BCUT2D eigenvalue weighted by molar-refractivity contribution is 7.90. The molecule has 2 fully saturated rings. The van der Waals surface area contributed by atoms with Crippen molar-refractivity contribution < 1.29 is 22.7 Å². The lowest BCUT2D eigenvalue weighted by atomic mass is 9.95. The molecule has 1 amide bonds. The van der Waals surface area contributed by atoms with E-state index in [0.29, 0.717) is 18.5 Å². The van der Waals surface area contributed by atoms with Crippen LogP contribution in [0.5, 0.6) is 0 Å². The van der Waals surface area contributed by atoms with Gasteiger partial charge in [0.15, 0.2) is 12.4 Å². The van der Waals surface area contributed by atoms with E-state index < -0.39 is 22.0 Å². The molecule has 1 saturated heterocycles. The number of likely N-dealkylation sites (tertiary alicyclic amines) is 1. The van der Waals surface area contributed by atoms with E-state index in [1.807, 2.05) is 0 Å². The quantitative estimate of drug-likeness (QED) is 0.743. The van der Waals surface area contributed by atoms with Crippen molar-refractivity contribution in [3.63, 3.8) is 0 Å². The average Bonchev–Trinajstić information content (AvgIpc) is 3.30. The molecule has 1 saturated carbocycles. The molecular formula is C20H25N3O5S. The van der Waals surface area contributed by atoms with E-state index in [9.17, 15) is 18.0 Å². The molecule has 0 bridgehead atoms. The molecule has 2 heterocycles. The van der Waals surface area contributed by atoms with Gasteiger partial charge in [0.1, 0.15) is 10.9 Å². The number of fused-ring (bicyclic) bond motifs is 1. The summed E-state index contributed by atoms with van der Waals surface area (Å²) in [4.78, 5) is 26.6. The molecule has 1 aromatic carbocycles. The summed E-state index contributed by atoms with van der Waals surface area (Å²) < 4.78 is 33.8. The third-order valence-electron chi connectivity index (χ3n) is 5.73. The predicted octanol–water partition coefficient (Wildman–Crippen LogP) is 1.59. The predicted molar refractivity (Wildman–Crippen MR) is 106 cm³/mol. The van der Waals surface area contributed by atoms with Gasteiger partial charge in [0.05, 0.1) is 0 Å². The van der Waals surface area contributed by atoms with Crippen LogP contribution in [0.15, 0.2) is 33.6 Å². The fourth-order valence-electron chi connectivity index (χ4n) is 4.31. The number of hydrogen-bond acceptors (Lipinski definition) is 6. The van der Waals surface area contributed by atoms with Crippen LogP contribution in [0.25, 0.3) is 0 Å². The Morgan fingerprint density at radius 2 is 1.86 bits per heavy atom. The van der Waals surface area contributed by atoms with Crippen LogP contribution in [0, 0.1) is 0 Å². The summed E-state index contributed by atoms with van der Waals surface area (Å²) in [5.41, 5.74) is 0.502. The van der Waals surface area contributed by atoms with Crippen LogP contribution in [0.4, 0.5) is 0 Å². The largest absolute Gasteiger partial charge is 0.454 e. The molecule has 29 heavy (non-hydrogen) atoms. The lowest BCUT2D eigenvalue weighted by Crippen LogP contribution is -2.43. The van der Waals surface area contributed by atoms with E-state index in [2.05, 4.69) is 9.71 Å². The minimum atomic E-state index is -3.75. The average molecular weight is 420 g/mol. The Balaban J connectivity index is 1.40. The van der Waals surface area contributed by atoms with E-state index in [0.717, 1.165) is 32.1 Å². The molecule has 4 rings (SSSR count). The molecule has 1 atom stereocenters. The first-order valence-corrected chi connectivity index (χ1v) is 11.6. The van der Waals surface area contributed by atoms with Gasteiger partial charge >= 0.3 is 5.97 Å². The second-order valence-electron chi connectivity index (χ2n) is 7.75. The number of esters is 1. The second kappa shape index (κ2) is 8.14. The van der Waals surface area contributed by atoms with E-state index in [1.165, 1.54) is 12.5 Å². The van der Waals surface area contributed by atoms with Gasteiger partial charge in [0, 0.05) is 18.2 Å². The number of benzene rings is 1. The van der Waals surface area contributed by atoms with Gasteiger partial charge in [0.25, 0.3) is 15.9 Å². The summed E-state index contributed by atoms with van der Waals surface area (Å²) in [6.45, 7) is 0.192. The maximum absolute atomic E-state index is 12.6. The number of amidine groups is 1. The molecule has 9 heteroatoms. The minimum Gasteiger partial charge on any atom is -0.454 e. The lowest BCUT2D eigenvalue weighted by Gasteiger charge is -2.25. The third-order valence-corrected chi connectivity index (χ3v) is 7.05. The van der Waals surface area contributed by atoms with Gasteiger partial charge in [-0.2, -0.15) is 8.42 Å². The number of sulfonamides is 1. The van der Waals surface area contributed by atoms with Gasteiger partial charge < -0.3 is 15.0 Å². The van der Waals surface area contributed by atoms with E-state index in [1.54, 1.807) is 23.1 Å². The molecule has 0 spiro atoms. The van der Waals surface area contributed by atoms with Gasteiger partial charge in [-0.15, -0.1) is 4.40 Å². The van der Waals surface area contributed by atoms with Gasteiger partial charge in [0.2, 0.25) is 0 Å². The number of ether oxygens (including phenoxy) is 1. The first kappa shape index (κ1) is 19.9. The summed E-state index contributed by atoms with van der Waals surface area (Å²) in [5.74, 6) is -0.529.